The van der Waals surface area contributed by atoms with Gasteiger partial charge in [0.2, 0.25) is 0 Å². The molecule has 20 heavy (non-hydrogen) atoms. The third kappa shape index (κ3) is 3.51. The van der Waals surface area contributed by atoms with Crippen LogP contribution in [-0.2, 0) is 13.6 Å². The van der Waals surface area contributed by atoms with Crippen LogP contribution in [0.2, 0.25) is 0 Å². The number of aryl methyl sites for hydroxylation is 1. The number of nitrogens with zero attached hydrogens (tertiary/aromatic N) is 3. The van der Waals surface area contributed by atoms with Gasteiger partial charge in [-0.25, -0.2) is 4.98 Å². The molecule has 4 nitrogen and oxygen atoms in total. The van der Waals surface area contributed by atoms with Gasteiger partial charge in [-0.2, -0.15) is 0 Å². The number of aromatic nitrogens is 3. The molecule has 0 spiro atoms. The Morgan fingerprint density at radius 3 is 2.70 bits per heavy atom. The van der Waals surface area contributed by atoms with E-state index in [-0.39, 0.29) is 0 Å². The molecular weight excluding hydrogens is 248 g/mol. The van der Waals surface area contributed by atoms with E-state index >= 15 is 0 Å². The Morgan fingerprint density at radius 2 is 2.10 bits per heavy atom. The summed E-state index contributed by atoms with van der Waals surface area (Å²) in [7, 11) is 2.03. The summed E-state index contributed by atoms with van der Waals surface area (Å²) in [4.78, 5) is 4.38. The van der Waals surface area contributed by atoms with Gasteiger partial charge < -0.3 is 14.5 Å². The first-order valence-electron chi connectivity index (χ1n) is 7.47. The standard InChI is InChI=1S/C16H26N4/c1-5-7-18-16(13(2)3)14-6-9-20(11-14)12-15-17-8-10-19(15)4/h6,8-11,13,16,18H,5,7,12H2,1-4H3. The van der Waals surface area contributed by atoms with E-state index in [1.807, 2.05) is 19.4 Å². The van der Waals surface area contributed by atoms with E-state index < -0.39 is 0 Å². The molecule has 0 saturated carbocycles. The highest BCUT2D eigenvalue weighted by Crippen LogP contribution is 2.22. The predicted octanol–water partition coefficient (Wildman–Crippen LogP) is 2.97. The highest BCUT2D eigenvalue weighted by Gasteiger charge is 2.16. The number of rotatable bonds is 7. The van der Waals surface area contributed by atoms with Crippen molar-refractivity contribution in [2.24, 2.45) is 13.0 Å². The van der Waals surface area contributed by atoms with E-state index in [0.717, 1.165) is 25.3 Å². The van der Waals surface area contributed by atoms with Crippen LogP contribution in [0.15, 0.2) is 30.9 Å². The second-order valence-corrected chi connectivity index (χ2v) is 5.75. The van der Waals surface area contributed by atoms with Gasteiger partial charge in [0.1, 0.15) is 5.82 Å². The second-order valence-electron chi connectivity index (χ2n) is 5.75. The van der Waals surface area contributed by atoms with Crippen molar-refractivity contribution in [3.05, 3.63) is 42.2 Å². The van der Waals surface area contributed by atoms with Gasteiger partial charge in [-0.1, -0.05) is 20.8 Å². The average Bonchev–Trinajstić information content (AvgIpc) is 3.01. The van der Waals surface area contributed by atoms with Crippen LogP contribution >= 0.6 is 0 Å². The van der Waals surface area contributed by atoms with Gasteiger partial charge in [-0.15, -0.1) is 0 Å². The number of imidazole rings is 1. The zero-order chi connectivity index (χ0) is 14.5. The fourth-order valence-electron chi connectivity index (χ4n) is 2.49. The first-order chi connectivity index (χ1) is 9.61. The number of nitrogens with one attached hydrogen (secondary N) is 1. The molecule has 0 radical (unpaired) electrons. The lowest BCUT2D eigenvalue weighted by molar-refractivity contribution is 0.412. The molecular formula is C16H26N4. The largest absolute Gasteiger partial charge is 0.346 e. The van der Waals surface area contributed by atoms with E-state index in [0.29, 0.717) is 12.0 Å². The van der Waals surface area contributed by atoms with Crippen LogP contribution in [0.3, 0.4) is 0 Å². The van der Waals surface area contributed by atoms with Crippen molar-refractivity contribution in [1.82, 2.24) is 19.4 Å². The molecule has 0 aliphatic rings. The van der Waals surface area contributed by atoms with Crippen molar-refractivity contribution in [1.29, 1.82) is 0 Å². The van der Waals surface area contributed by atoms with Gasteiger partial charge in [0.15, 0.2) is 0 Å². The van der Waals surface area contributed by atoms with E-state index in [2.05, 4.69) is 58.7 Å². The quantitative estimate of drug-likeness (QED) is 0.842. The monoisotopic (exact) mass is 274 g/mol. The fraction of sp³-hybridized carbons (Fsp3) is 0.562. The molecule has 2 rings (SSSR count). The van der Waals surface area contributed by atoms with E-state index in [4.69, 9.17) is 0 Å². The smallest absolute Gasteiger partial charge is 0.128 e. The Kier molecular flexibility index (Phi) is 5.01. The van der Waals surface area contributed by atoms with Crippen LogP contribution in [-0.4, -0.2) is 20.7 Å². The molecule has 0 saturated heterocycles. The summed E-state index contributed by atoms with van der Waals surface area (Å²) in [5, 5.41) is 3.63. The van der Waals surface area contributed by atoms with Gasteiger partial charge in [-0.3, -0.25) is 0 Å². The number of hydrogen-bond acceptors (Lipinski definition) is 2. The molecule has 2 aromatic heterocycles. The van der Waals surface area contributed by atoms with Crippen molar-refractivity contribution in [2.75, 3.05) is 6.54 Å². The van der Waals surface area contributed by atoms with Gasteiger partial charge >= 0.3 is 0 Å². The van der Waals surface area contributed by atoms with Crippen molar-refractivity contribution in [3.63, 3.8) is 0 Å². The minimum absolute atomic E-state index is 0.428. The van der Waals surface area contributed by atoms with E-state index in [1.165, 1.54) is 5.56 Å². The van der Waals surface area contributed by atoms with Gasteiger partial charge in [-0.05, 0) is 30.5 Å². The minimum atomic E-state index is 0.428. The second kappa shape index (κ2) is 6.75. The first kappa shape index (κ1) is 14.9. The summed E-state index contributed by atoms with van der Waals surface area (Å²) in [6.07, 6.45) is 9.38. The molecule has 0 aliphatic heterocycles. The maximum Gasteiger partial charge on any atom is 0.128 e. The molecule has 1 unspecified atom stereocenters. The lowest BCUT2D eigenvalue weighted by Crippen LogP contribution is -2.26. The molecule has 110 valence electrons. The molecule has 0 fully saturated rings. The lowest BCUT2D eigenvalue weighted by atomic mass is 9.98. The van der Waals surface area contributed by atoms with Gasteiger partial charge in [0.25, 0.3) is 0 Å². The summed E-state index contributed by atoms with van der Waals surface area (Å²) in [6, 6.07) is 2.65. The van der Waals surface area contributed by atoms with E-state index in [1.54, 1.807) is 0 Å². The minimum Gasteiger partial charge on any atom is -0.346 e. The molecule has 0 aromatic carbocycles. The summed E-state index contributed by atoms with van der Waals surface area (Å²) in [5.41, 5.74) is 1.36. The summed E-state index contributed by atoms with van der Waals surface area (Å²) >= 11 is 0. The van der Waals surface area contributed by atoms with Gasteiger partial charge in [0.05, 0.1) is 6.54 Å². The average molecular weight is 274 g/mol. The normalized spacial score (nSPS) is 13.1. The molecule has 0 amide bonds. The Balaban J connectivity index is 2.08. The summed E-state index contributed by atoms with van der Waals surface area (Å²) in [6.45, 7) is 8.62. The predicted molar refractivity (Wildman–Crippen MR) is 82.6 cm³/mol. The zero-order valence-corrected chi connectivity index (χ0v) is 13.0. The van der Waals surface area contributed by atoms with Crippen LogP contribution in [0, 0.1) is 5.92 Å². The third-order valence-electron chi connectivity index (χ3n) is 3.66. The SMILES string of the molecule is CCCNC(c1ccn(Cc2nccn2C)c1)C(C)C. The van der Waals surface area contributed by atoms with Crippen LogP contribution in [0.25, 0.3) is 0 Å². The Labute approximate surface area is 121 Å². The lowest BCUT2D eigenvalue weighted by Gasteiger charge is -2.21. The highest BCUT2D eigenvalue weighted by molar-refractivity contribution is 5.17. The third-order valence-corrected chi connectivity index (χ3v) is 3.66. The Morgan fingerprint density at radius 1 is 1.30 bits per heavy atom. The molecule has 4 heteroatoms. The maximum absolute atomic E-state index is 4.38. The van der Waals surface area contributed by atoms with Crippen molar-refractivity contribution >= 4 is 0 Å². The van der Waals surface area contributed by atoms with Gasteiger partial charge in [0, 0.05) is 37.9 Å². The Hall–Kier alpha value is -1.55. The number of hydrogen-bond donors (Lipinski definition) is 1. The molecule has 1 N–H and O–H groups in total. The van der Waals surface area contributed by atoms with Crippen molar-refractivity contribution < 1.29 is 0 Å². The molecule has 0 bridgehead atoms. The molecule has 1 atom stereocenters. The van der Waals surface area contributed by atoms with Crippen LogP contribution in [0.5, 0.6) is 0 Å². The summed E-state index contributed by atoms with van der Waals surface area (Å²) < 4.78 is 4.27. The summed E-state index contributed by atoms with van der Waals surface area (Å²) in [5.74, 6) is 1.67. The topological polar surface area (TPSA) is 34.8 Å². The molecule has 2 aromatic rings. The van der Waals surface area contributed by atoms with Crippen LogP contribution in [0.1, 0.15) is 44.6 Å². The zero-order valence-electron chi connectivity index (χ0n) is 13.0. The first-order valence-corrected chi connectivity index (χ1v) is 7.47. The van der Waals surface area contributed by atoms with Crippen LogP contribution < -0.4 is 5.32 Å². The fourth-order valence-corrected chi connectivity index (χ4v) is 2.49. The van der Waals surface area contributed by atoms with E-state index in [9.17, 15) is 0 Å². The molecule has 0 aliphatic carbocycles. The van der Waals surface area contributed by atoms with Crippen LogP contribution in [0.4, 0.5) is 0 Å². The van der Waals surface area contributed by atoms with Crippen molar-refractivity contribution in [2.45, 2.75) is 39.8 Å². The van der Waals surface area contributed by atoms with Crippen molar-refractivity contribution in [3.8, 4) is 0 Å². The molecule has 2 heterocycles. The maximum atomic E-state index is 4.38. The Bertz CT molecular complexity index is 524. The highest BCUT2D eigenvalue weighted by atomic mass is 15.1.